The maximum absolute atomic E-state index is 12.0. The highest BCUT2D eigenvalue weighted by Crippen LogP contribution is 2.47. The third kappa shape index (κ3) is 4.07. The molecule has 0 spiro atoms. The molecule has 1 aromatic rings. The van der Waals surface area contributed by atoms with Gasteiger partial charge in [-0.05, 0) is 38.2 Å². The topological polar surface area (TPSA) is 35.5 Å². The average Bonchev–Trinajstić information content (AvgIpc) is 2.99. The molecule has 0 N–H and O–H groups in total. The SMILES string of the molecule is CC1C(COCc2ccccc2)C1C(=O)OC(C)(C)C. The van der Waals surface area contributed by atoms with Gasteiger partial charge in [-0.25, -0.2) is 0 Å². The summed E-state index contributed by atoms with van der Waals surface area (Å²) in [5.74, 6) is 0.581. The molecule has 110 valence electrons. The molecule has 0 saturated heterocycles. The molecular weight excluding hydrogens is 252 g/mol. The van der Waals surface area contributed by atoms with Crippen molar-refractivity contribution in [3.8, 4) is 0 Å². The summed E-state index contributed by atoms with van der Waals surface area (Å²) >= 11 is 0. The number of benzene rings is 1. The van der Waals surface area contributed by atoms with Gasteiger partial charge in [-0.15, -0.1) is 0 Å². The van der Waals surface area contributed by atoms with Gasteiger partial charge in [0.1, 0.15) is 5.60 Å². The van der Waals surface area contributed by atoms with Gasteiger partial charge in [0, 0.05) is 0 Å². The summed E-state index contributed by atoms with van der Waals surface area (Å²) < 4.78 is 11.1. The first kappa shape index (κ1) is 15.0. The van der Waals surface area contributed by atoms with E-state index in [1.807, 2.05) is 51.1 Å². The van der Waals surface area contributed by atoms with Crippen LogP contribution >= 0.6 is 0 Å². The molecule has 2 rings (SSSR count). The zero-order valence-corrected chi connectivity index (χ0v) is 12.8. The first-order valence-corrected chi connectivity index (χ1v) is 7.23. The Morgan fingerprint density at radius 2 is 1.85 bits per heavy atom. The lowest BCUT2D eigenvalue weighted by atomic mass is 10.2. The molecule has 0 bridgehead atoms. The first-order valence-electron chi connectivity index (χ1n) is 7.23. The number of esters is 1. The van der Waals surface area contributed by atoms with Crippen molar-refractivity contribution in [1.29, 1.82) is 0 Å². The van der Waals surface area contributed by atoms with Gasteiger partial charge < -0.3 is 9.47 Å². The van der Waals surface area contributed by atoms with Crippen molar-refractivity contribution in [2.45, 2.75) is 39.9 Å². The number of rotatable bonds is 5. The Hall–Kier alpha value is -1.35. The summed E-state index contributed by atoms with van der Waals surface area (Å²) in [6, 6.07) is 10.1. The second-order valence-corrected chi connectivity index (χ2v) is 6.58. The highest BCUT2D eigenvalue weighted by atomic mass is 16.6. The van der Waals surface area contributed by atoms with Crippen LogP contribution in [0.2, 0.25) is 0 Å². The maximum atomic E-state index is 12.0. The average molecular weight is 276 g/mol. The van der Waals surface area contributed by atoms with E-state index < -0.39 is 5.60 Å². The molecular formula is C17H24O3. The van der Waals surface area contributed by atoms with E-state index in [0.29, 0.717) is 25.0 Å². The summed E-state index contributed by atoms with van der Waals surface area (Å²) in [6.45, 7) is 9.02. The maximum Gasteiger partial charge on any atom is 0.310 e. The van der Waals surface area contributed by atoms with E-state index in [0.717, 1.165) is 5.56 Å². The van der Waals surface area contributed by atoms with E-state index in [1.54, 1.807) is 0 Å². The summed E-state index contributed by atoms with van der Waals surface area (Å²) in [4.78, 5) is 12.0. The number of hydrogen-bond donors (Lipinski definition) is 0. The lowest BCUT2D eigenvalue weighted by molar-refractivity contribution is -0.157. The molecule has 0 amide bonds. The molecule has 3 heteroatoms. The van der Waals surface area contributed by atoms with Crippen LogP contribution in [0.25, 0.3) is 0 Å². The molecule has 0 aromatic heterocycles. The Kier molecular flexibility index (Phi) is 4.48. The normalized spacial score (nSPS) is 25.3. The summed E-state index contributed by atoms with van der Waals surface area (Å²) in [7, 11) is 0. The molecule has 3 nitrogen and oxygen atoms in total. The highest BCUT2D eigenvalue weighted by molar-refractivity contribution is 5.76. The van der Waals surface area contributed by atoms with Gasteiger partial charge in [-0.3, -0.25) is 4.79 Å². The molecule has 20 heavy (non-hydrogen) atoms. The molecule has 1 aromatic carbocycles. The van der Waals surface area contributed by atoms with Crippen molar-refractivity contribution in [3.05, 3.63) is 35.9 Å². The standard InChI is InChI=1S/C17H24O3/c1-12-14(15(12)16(18)20-17(2,3)4)11-19-10-13-8-6-5-7-9-13/h5-9,12,14-15H,10-11H2,1-4H3. The molecule has 1 aliphatic carbocycles. The second-order valence-electron chi connectivity index (χ2n) is 6.58. The number of carbonyl (C=O) groups excluding carboxylic acids is 1. The van der Waals surface area contributed by atoms with Gasteiger partial charge in [-0.1, -0.05) is 37.3 Å². The lowest BCUT2D eigenvalue weighted by Crippen LogP contribution is -2.25. The molecule has 0 radical (unpaired) electrons. The second kappa shape index (κ2) is 5.96. The van der Waals surface area contributed by atoms with Crippen LogP contribution in [0, 0.1) is 17.8 Å². The van der Waals surface area contributed by atoms with Gasteiger partial charge >= 0.3 is 5.97 Å². The van der Waals surface area contributed by atoms with Crippen LogP contribution in [0.4, 0.5) is 0 Å². The zero-order chi connectivity index (χ0) is 14.8. The third-order valence-corrected chi connectivity index (χ3v) is 3.66. The van der Waals surface area contributed by atoms with Crippen LogP contribution in [0.15, 0.2) is 30.3 Å². The first-order chi connectivity index (χ1) is 9.38. The van der Waals surface area contributed by atoms with Crippen molar-refractivity contribution < 1.29 is 14.3 Å². The molecule has 0 aliphatic heterocycles. The van der Waals surface area contributed by atoms with Crippen molar-refractivity contribution in [3.63, 3.8) is 0 Å². The summed E-state index contributed by atoms with van der Waals surface area (Å²) in [5, 5.41) is 0. The Morgan fingerprint density at radius 1 is 1.20 bits per heavy atom. The Balaban J connectivity index is 1.74. The van der Waals surface area contributed by atoms with Crippen LogP contribution in [-0.2, 0) is 20.9 Å². The number of hydrogen-bond acceptors (Lipinski definition) is 3. The van der Waals surface area contributed by atoms with Crippen molar-refractivity contribution in [2.24, 2.45) is 17.8 Å². The van der Waals surface area contributed by atoms with Crippen molar-refractivity contribution >= 4 is 5.97 Å². The summed E-state index contributed by atoms with van der Waals surface area (Å²) in [6.07, 6.45) is 0. The van der Waals surface area contributed by atoms with Crippen LogP contribution in [0.5, 0.6) is 0 Å². The van der Waals surface area contributed by atoms with E-state index in [-0.39, 0.29) is 11.9 Å². The predicted molar refractivity (Wildman–Crippen MR) is 78.1 cm³/mol. The minimum Gasteiger partial charge on any atom is -0.460 e. The lowest BCUT2D eigenvalue weighted by Gasteiger charge is -2.19. The zero-order valence-electron chi connectivity index (χ0n) is 12.8. The van der Waals surface area contributed by atoms with Crippen LogP contribution < -0.4 is 0 Å². The molecule has 0 heterocycles. The van der Waals surface area contributed by atoms with Gasteiger partial charge in [-0.2, -0.15) is 0 Å². The Morgan fingerprint density at radius 3 is 2.45 bits per heavy atom. The summed E-state index contributed by atoms with van der Waals surface area (Å²) in [5.41, 5.74) is 0.754. The minimum atomic E-state index is -0.408. The molecule has 1 fully saturated rings. The molecule has 1 saturated carbocycles. The number of ether oxygens (including phenoxy) is 2. The monoisotopic (exact) mass is 276 g/mol. The fourth-order valence-corrected chi connectivity index (χ4v) is 2.45. The predicted octanol–water partition coefficient (Wildman–Crippen LogP) is 3.43. The molecule has 1 aliphatic rings. The van der Waals surface area contributed by atoms with Gasteiger partial charge in [0.05, 0.1) is 19.1 Å². The third-order valence-electron chi connectivity index (χ3n) is 3.66. The van der Waals surface area contributed by atoms with E-state index in [9.17, 15) is 4.79 Å². The minimum absolute atomic E-state index is 0.00463. The fraction of sp³-hybridized carbons (Fsp3) is 0.588. The molecule has 3 unspecified atom stereocenters. The van der Waals surface area contributed by atoms with Crippen molar-refractivity contribution in [1.82, 2.24) is 0 Å². The van der Waals surface area contributed by atoms with Crippen LogP contribution in [0.3, 0.4) is 0 Å². The Labute approximate surface area is 121 Å². The number of carbonyl (C=O) groups is 1. The Bertz CT molecular complexity index is 447. The van der Waals surface area contributed by atoms with E-state index >= 15 is 0 Å². The quantitative estimate of drug-likeness (QED) is 0.773. The largest absolute Gasteiger partial charge is 0.460 e. The van der Waals surface area contributed by atoms with E-state index in [2.05, 4.69) is 6.92 Å². The highest BCUT2D eigenvalue weighted by Gasteiger charge is 2.53. The van der Waals surface area contributed by atoms with Crippen LogP contribution in [0.1, 0.15) is 33.3 Å². The van der Waals surface area contributed by atoms with E-state index in [1.165, 1.54) is 0 Å². The smallest absolute Gasteiger partial charge is 0.310 e. The van der Waals surface area contributed by atoms with Gasteiger partial charge in [0.25, 0.3) is 0 Å². The fourth-order valence-electron chi connectivity index (χ4n) is 2.45. The van der Waals surface area contributed by atoms with Crippen LogP contribution in [-0.4, -0.2) is 18.2 Å². The van der Waals surface area contributed by atoms with E-state index in [4.69, 9.17) is 9.47 Å². The molecule has 3 atom stereocenters. The van der Waals surface area contributed by atoms with Gasteiger partial charge in [0.2, 0.25) is 0 Å². The van der Waals surface area contributed by atoms with Gasteiger partial charge in [0.15, 0.2) is 0 Å². The van der Waals surface area contributed by atoms with Crippen molar-refractivity contribution in [2.75, 3.05) is 6.61 Å².